The minimum Gasteiger partial charge on any atom is -0.497 e. The number of benzene rings is 1. The molecule has 0 spiro atoms. The highest BCUT2D eigenvalue weighted by Gasteiger charge is 2.50. The van der Waals surface area contributed by atoms with Crippen LogP contribution in [-0.4, -0.2) is 60.0 Å². The molecule has 0 radical (unpaired) electrons. The van der Waals surface area contributed by atoms with Crippen LogP contribution in [0.3, 0.4) is 0 Å². The summed E-state index contributed by atoms with van der Waals surface area (Å²) in [6, 6.07) is 6.53. The lowest BCUT2D eigenvalue weighted by molar-refractivity contribution is -0.127. The topological polar surface area (TPSA) is 112 Å². The predicted octanol–water partition coefficient (Wildman–Crippen LogP) is 2.95. The third-order valence-electron chi connectivity index (χ3n) is 6.70. The molecule has 35 heavy (non-hydrogen) atoms. The van der Waals surface area contributed by atoms with E-state index in [-0.39, 0.29) is 36.5 Å². The largest absolute Gasteiger partial charge is 0.497 e. The molecule has 1 aliphatic heterocycles. The Bertz CT molecular complexity index is 1120. The first kappa shape index (κ1) is 24.6. The quantitative estimate of drug-likeness (QED) is 0.602. The number of nitrogens with one attached hydrogen (secondary N) is 1. The van der Waals surface area contributed by atoms with Crippen LogP contribution in [0.2, 0.25) is 0 Å². The lowest BCUT2D eigenvalue weighted by Crippen LogP contribution is -2.65. The van der Waals surface area contributed by atoms with Crippen LogP contribution in [0.1, 0.15) is 66.9 Å². The second-order valence-electron chi connectivity index (χ2n) is 9.05. The van der Waals surface area contributed by atoms with Crippen LogP contribution >= 0.6 is 0 Å². The summed E-state index contributed by atoms with van der Waals surface area (Å²) in [5.41, 5.74) is -0.700. The van der Waals surface area contributed by atoms with Gasteiger partial charge in [0.05, 0.1) is 33.1 Å². The second-order valence-corrected chi connectivity index (χ2v) is 9.05. The van der Waals surface area contributed by atoms with E-state index in [1.165, 1.54) is 29.9 Å². The van der Waals surface area contributed by atoms with E-state index in [4.69, 9.17) is 14.2 Å². The molecule has 1 atom stereocenters. The van der Waals surface area contributed by atoms with Gasteiger partial charge in [0.25, 0.3) is 5.91 Å². The number of hydrogen-bond donors (Lipinski definition) is 1. The Balaban J connectivity index is 1.79. The first-order chi connectivity index (χ1) is 16.8. The molecule has 1 saturated carbocycles. The van der Waals surface area contributed by atoms with Gasteiger partial charge in [-0.1, -0.05) is 19.3 Å². The van der Waals surface area contributed by atoms with Crippen molar-refractivity contribution >= 4 is 23.5 Å². The number of methoxy groups -OCH3 is 2. The molecule has 0 saturated heterocycles. The third-order valence-corrected chi connectivity index (χ3v) is 6.70. The summed E-state index contributed by atoms with van der Waals surface area (Å²) in [5.74, 6) is -0.436. The van der Waals surface area contributed by atoms with Crippen LogP contribution in [-0.2, 0) is 16.1 Å². The number of rotatable bonds is 7. The van der Waals surface area contributed by atoms with E-state index in [1.807, 2.05) is 0 Å². The molecular formula is C25H32N4O6. The van der Waals surface area contributed by atoms with Gasteiger partial charge in [0.1, 0.15) is 22.7 Å². The van der Waals surface area contributed by atoms with Crippen molar-refractivity contribution in [3.63, 3.8) is 0 Å². The van der Waals surface area contributed by atoms with E-state index < -0.39 is 17.4 Å². The Morgan fingerprint density at radius 3 is 2.54 bits per heavy atom. The molecule has 1 N–H and O–H groups in total. The molecule has 2 aliphatic rings. The van der Waals surface area contributed by atoms with Crippen LogP contribution in [0.15, 0.2) is 24.3 Å². The van der Waals surface area contributed by atoms with E-state index in [0.29, 0.717) is 17.2 Å². The average molecular weight is 485 g/mol. The second kappa shape index (κ2) is 9.97. The maximum atomic E-state index is 13.9. The summed E-state index contributed by atoms with van der Waals surface area (Å²) < 4.78 is 17.4. The zero-order chi connectivity index (χ0) is 25.2. The number of esters is 1. The van der Waals surface area contributed by atoms with Crippen LogP contribution in [0.4, 0.5) is 5.69 Å². The number of anilines is 1. The lowest BCUT2D eigenvalue weighted by atomic mass is 9.91. The van der Waals surface area contributed by atoms with Gasteiger partial charge in [-0.15, -0.1) is 0 Å². The molecule has 0 bridgehead atoms. The van der Waals surface area contributed by atoms with Crippen molar-refractivity contribution in [2.24, 2.45) is 0 Å². The van der Waals surface area contributed by atoms with E-state index in [9.17, 15) is 14.4 Å². The van der Waals surface area contributed by atoms with Crippen molar-refractivity contribution < 1.29 is 28.6 Å². The maximum absolute atomic E-state index is 13.9. The third kappa shape index (κ3) is 4.56. The number of amides is 2. The summed E-state index contributed by atoms with van der Waals surface area (Å²) in [4.78, 5) is 41.4. The fourth-order valence-corrected chi connectivity index (χ4v) is 4.82. The number of ether oxygens (including phenoxy) is 3. The molecule has 10 nitrogen and oxygen atoms in total. The van der Waals surface area contributed by atoms with Gasteiger partial charge in [-0.25, -0.2) is 4.79 Å². The number of aromatic nitrogens is 2. The summed E-state index contributed by atoms with van der Waals surface area (Å²) in [6.45, 7) is 3.65. The van der Waals surface area contributed by atoms with Gasteiger partial charge in [0.15, 0.2) is 5.69 Å². The molecule has 1 aromatic carbocycles. The molecule has 2 amide bonds. The Morgan fingerprint density at radius 2 is 1.89 bits per heavy atom. The number of hydrogen-bond acceptors (Lipinski definition) is 7. The molecule has 1 aliphatic carbocycles. The zero-order valence-electron chi connectivity index (χ0n) is 20.6. The van der Waals surface area contributed by atoms with Crippen LogP contribution in [0.5, 0.6) is 11.5 Å². The van der Waals surface area contributed by atoms with Gasteiger partial charge in [-0.05, 0) is 38.8 Å². The fraction of sp³-hybridized carbons (Fsp3) is 0.520. The Hall–Kier alpha value is -3.56. The van der Waals surface area contributed by atoms with Gasteiger partial charge in [0.2, 0.25) is 5.91 Å². The Morgan fingerprint density at radius 1 is 1.14 bits per heavy atom. The van der Waals surface area contributed by atoms with Crippen molar-refractivity contribution in [1.82, 2.24) is 15.1 Å². The van der Waals surface area contributed by atoms with E-state index in [2.05, 4.69) is 10.4 Å². The molecule has 1 aromatic heterocycles. The van der Waals surface area contributed by atoms with Crippen molar-refractivity contribution in [3.05, 3.63) is 35.7 Å². The van der Waals surface area contributed by atoms with Crippen LogP contribution in [0, 0.1) is 0 Å². The predicted molar refractivity (Wildman–Crippen MR) is 128 cm³/mol. The van der Waals surface area contributed by atoms with Crippen LogP contribution < -0.4 is 19.7 Å². The van der Waals surface area contributed by atoms with Gasteiger partial charge < -0.3 is 19.5 Å². The minimum absolute atomic E-state index is 0.0220. The summed E-state index contributed by atoms with van der Waals surface area (Å²) in [7, 11) is 3.03. The highest BCUT2D eigenvalue weighted by Crippen LogP contribution is 2.40. The molecule has 188 valence electrons. The summed E-state index contributed by atoms with van der Waals surface area (Å²) in [6.07, 6.45) is 5.08. The summed E-state index contributed by atoms with van der Waals surface area (Å²) in [5, 5.41) is 7.46. The highest BCUT2D eigenvalue weighted by molar-refractivity contribution is 6.13. The standard InChI is InChI=1S/C25H32N4O6/c1-5-35-23(31)18-14-20-22(30)29(19-12-11-17(33-3)13-21(19)34-4)25(2,15-28(20)27-18)24(32)26-16-9-7-6-8-10-16/h11-14,16H,5-10,15H2,1-4H3,(H,26,32)/t25-/m1/s1. The lowest BCUT2D eigenvalue weighted by Gasteiger charge is -2.44. The molecule has 2 aromatic rings. The molecule has 2 heterocycles. The number of nitrogens with zero attached hydrogens (tertiary/aromatic N) is 3. The van der Waals surface area contributed by atoms with Gasteiger partial charge >= 0.3 is 5.97 Å². The number of fused-ring (bicyclic) bond motifs is 1. The normalized spacial score (nSPS) is 20.2. The Labute approximate surface area is 204 Å². The smallest absolute Gasteiger partial charge is 0.358 e. The first-order valence-corrected chi connectivity index (χ1v) is 11.9. The molecule has 0 unspecified atom stereocenters. The van der Waals surface area contributed by atoms with E-state index in [0.717, 1.165) is 32.1 Å². The van der Waals surface area contributed by atoms with Crippen molar-refractivity contribution in [3.8, 4) is 11.5 Å². The Kier molecular flexibility index (Phi) is 7.00. The zero-order valence-corrected chi connectivity index (χ0v) is 20.6. The molecule has 4 rings (SSSR count). The fourth-order valence-electron chi connectivity index (χ4n) is 4.82. The summed E-state index contributed by atoms with van der Waals surface area (Å²) >= 11 is 0. The SMILES string of the molecule is CCOC(=O)c1cc2n(n1)C[C@](C)(C(=O)NC1CCCCC1)N(c1ccc(OC)cc1OC)C2=O. The number of carbonyl (C=O) groups is 3. The molecule has 10 heteroatoms. The van der Waals surface area contributed by atoms with Crippen molar-refractivity contribution in [2.75, 3.05) is 25.7 Å². The number of carbonyl (C=O) groups excluding carboxylic acids is 3. The van der Waals surface area contributed by atoms with Crippen LogP contribution in [0.25, 0.3) is 0 Å². The van der Waals surface area contributed by atoms with Crippen molar-refractivity contribution in [2.45, 2.75) is 64.1 Å². The van der Waals surface area contributed by atoms with Crippen molar-refractivity contribution in [1.29, 1.82) is 0 Å². The minimum atomic E-state index is -1.33. The first-order valence-electron chi connectivity index (χ1n) is 11.9. The van der Waals surface area contributed by atoms with Gasteiger partial charge in [0, 0.05) is 18.2 Å². The van der Waals surface area contributed by atoms with E-state index >= 15 is 0 Å². The van der Waals surface area contributed by atoms with Gasteiger partial charge in [-0.2, -0.15) is 5.10 Å². The monoisotopic (exact) mass is 484 g/mol. The average Bonchev–Trinajstić information content (AvgIpc) is 3.29. The molecular weight excluding hydrogens is 452 g/mol. The highest BCUT2D eigenvalue weighted by atomic mass is 16.5. The molecule has 1 fully saturated rings. The maximum Gasteiger partial charge on any atom is 0.358 e. The van der Waals surface area contributed by atoms with E-state index in [1.54, 1.807) is 32.0 Å². The van der Waals surface area contributed by atoms with Gasteiger partial charge in [-0.3, -0.25) is 19.2 Å².